The lowest BCUT2D eigenvalue weighted by Gasteiger charge is -2.23. The van der Waals surface area contributed by atoms with E-state index in [1.165, 1.54) is 35.7 Å². The van der Waals surface area contributed by atoms with Crippen molar-refractivity contribution in [3.05, 3.63) is 47.0 Å². The quantitative estimate of drug-likeness (QED) is 0.578. The minimum absolute atomic E-state index is 0.0192. The van der Waals surface area contributed by atoms with Crippen molar-refractivity contribution in [2.75, 3.05) is 42.6 Å². The first kappa shape index (κ1) is 25.3. The molecule has 0 aliphatic carbocycles. The summed E-state index contributed by atoms with van der Waals surface area (Å²) < 4.78 is 58.1. The molecule has 0 radical (unpaired) electrons. The topological polar surface area (TPSA) is 113 Å². The van der Waals surface area contributed by atoms with Crippen molar-refractivity contribution in [1.82, 2.24) is 4.31 Å². The molecule has 1 N–H and O–H groups in total. The molecule has 1 aliphatic heterocycles. The maximum Gasteiger partial charge on any atom is 0.245 e. The van der Waals surface area contributed by atoms with Crippen molar-refractivity contribution in [1.29, 1.82) is 0 Å². The number of nitrogens with one attached hydrogen (secondary N) is 1. The minimum Gasteiger partial charge on any atom is -0.495 e. The summed E-state index contributed by atoms with van der Waals surface area (Å²) in [6.45, 7) is 2.13. The molecular weight excluding hydrogens is 490 g/mol. The number of carbonyl (C=O) groups excluding carboxylic acids is 1. The maximum absolute atomic E-state index is 12.9. The number of ether oxygens (including phenoxy) is 1. The molecule has 33 heavy (non-hydrogen) atoms. The van der Waals surface area contributed by atoms with Crippen LogP contribution in [0.2, 0.25) is 5.02 Å². The standard InChI is InChI=1S/C21H26ClN3O6S2/c1-15-6-7-16(12-18(15)22)25(32(3,27)28)14-21(26)23-19-13-17(8-9-20(19)31-2)33(29,30)24-10-4-5-11-24/h6-9,12-13H,4-5,10-11,14H2,1-3H3,(H,23,26). The predicted molar refractivity (Wildman–Crippen MR) is 128 cm³/mol. The van der Waals surface area contributed by atoms with Crippen LogP contribution >= 0.6 is 11.6 Å². The molecule has 3 rings (SSSR count). The van der Waals surface area contributed by atoms with Crippen LogP contribution in [0.15, 0.2) is 41.3 Å². The summed E-state index contributed by atoms with van der Waals surface area (Å²) in [5.74, 6) is -0.431. The number of hydrogen-bond acceptors (Lipinski definition) is 6. The molecule has 1 heterocycles. The molecule has 0 saturated carbocycles. The van der Waals surface area contributed by atoms with Crippen molar-refractivity contribution in [3.63, 3.8) is 0 Å². The lowest BCUT2D eigenvalue weighted by molar-refractivity contribution is -0.114. The second-order valence-electron chi connectivity index (χ2n) is 7.72. The van der Waals surface area contributed by atoms with Gasteiger partial charge >= 0.3 is 0 Å². The Hall–Kier alpha value is -2.34. The highest BCUT2D eigenvalue weighted by molar-refractivity contribution is 7.92. The first-order chi connectivity index (χ1) is 15.4. The van der Waals surface area contributed by atoms with Gasteiger partial charge in [-0.15, -0.1) is 0 Å². The third-order valence-electron chi connectivity index (χ3n) is 5.28. The van der Waals surface area contributed by atoms with Crippen LogP contribution in [0.4, 0.5) is 11.4 Å². The van der Waals surface area contributed by atoms with Gasteiger partial charge in [0, 0.05) is 18.1 Å². The van der Waals surface area contributed by atoms with E-state index in [9.17, 15) is 21.6 Å². The molecule has 1 saturated heterocycles. The van der Waals surface area contributed by atoms with Gasteiger partial charge in [-0.1, -0.05) is 17.7 Å². The molecule has 1 fully saturated rings. The molecule has 1 aliphatic rings. The van der Waals surface area contributed by atoms with Crippen LogP contribution in [0.3, 0.4) is 0 Å². The van der Waals surface area contributed by atoms with E-state index in [1.54, 1.807) is 19.1 Å². The number of nitrogens with zero attached hydrogens (tertiary/aromatic N) is 2. The summed E-state index contributed by atoms with van der Waals surface area (Å²) in [5.41, 5.74) is 1.12. The maximum atomic E-state index is 12.9. The summed E-state index contributed by atoms with van der Waals surface area (Å²) in [6.07, 6.45) is 2.57. The average Bonchev–Trinajstić information content (AvgIpc) is 3.29. The van der Waals surface area contributed by atoms with E-state index in [1.807, 2.05) is 0 Å². The first-order valence-corrected chi connectivity index (χ1v) is 13.8. The van der Waals surface area contributed by atoms with Crippen LogP contribution in [0.25, 0.3) is 0 Å². The number of rotatable bonds is 8. The van der Waals surface area contributed by atoms with E-state index in [4.69, 9.17) is 16.3 Å². The third-order valence-corrected chi connectivity index (χ3v) is 8.72. The van der Waals surface area contributed by atoms with Gasteiger partial charge in [-0.3, -0.25) is 9.10 Å². The Bertz CT molecular complexity index is 1260. The fourth-order valence-electron chi connectivity index (χ4n) is 3.48. The minimum atomic E-state index is -3.81. The Morgan fingerprint density at radius 2 is 1.79 bits per heavy atom. The van der Waals surface area contributed by atoms with Gasteiger partial charge in [0.05, 0.1) is 29.6 Å². The molecule has 0 aromatic heterocycles. The number of halogens is 1. The van der Waals surface area contributed by atoms with Crippen LogP contribution in [-0.2, 0) is 24.8 Å². The fraction of sp³-hybridized carbons (Fsp3) is 0.381. The van der Waals surface area contributed by atoms with E-state index >= 15 is 0 Å². The molecule has 0 bridgehead atoms. The monoisotopic (exact) mass is 515 g/mol. The van der Waals surface area contributed by atoms with E-state index in [2.05, 4.69) is 5.32 Å². The molecular formula is C21H26ClN3O6S2. The van der Waals surface area contributed by atoms with Gasteiger partial charge in [-0.25, -0.2) is 16.8 Å². The second-order valence-corrected chi connectivity index (χ2v) is 12.0. The Morgan fingerprint density at radius 1 is 1.12 bits per heavy atom. The lowest BCUT2D eigenvalue weighted by Crippen LogP contribution is -2.37. The number of aryl methyl sites for hydroxylation is 1. The summed E-state index contributed by atoms with van der Waals surface area (Å²) >= 11 is 6.13. The highest BCUT2D eigenvalue weighted by atomic mass is 35.5. The van der Waals surface area contributed by atoms with E-state index in [-0.39, 0.29) is 22.0 Å². The van der Waals surface area contributed by atoms with Gasteiger partial charge in [-0.05, 0) is 55.7 Å². The van der Waals surface area contributed by atoms with E-state index in [0.29, 0.717) is 18.1 Å². The van der Waals surface area contributed by atoms with Gasteiger partial charge in [0.1, 0.15) is 12.3 Å². The largest absolute Gasteiger partial charge is 0.495 e. The van der Waals surface area contributed by atoms with Gasteiger partial charge < -0.3 is 10.1 Å². The van der Waals surface area contributed by atoms with Crippen molar-refractivity contribution >= 4 is 48.9 Å². The number of anilines is 2. The highest BCUT2D eigenvalue weighted by Crippen LogP contribution is 2.30. The van der Waals surface area contributed by atoms with Gasteiger partial charge in [0.25, 0.3) is 0 Å². The molecule has 0 unspecified atom stereocenters. The van der Waals surface area contributed by atoms with Crippen molar-refractivity contribution in [2.45, 2.75) is 24.7 Å². The summed E-state index contributed by atoms with van der Waals surface area (Å²) in [7, 11) is -6.14. The van der Waals surface area contributed by atoms with Gasteiger partial charge in [-0.2, -0.15) is 4.31 Å². The molecule has 2 aromatic rings. The third kappa shape index (κ3) is 5.78. The van der Waals surface area contributed by atoms with E-state index in [0.717, 1.165) is 29.0 Å². The Labute approximate surface area is 199 Å². The zero-order valence-electron chi connectivity index (χ0n) is 18.5. The fourth-order valence-corrected chi connectivity index (χ4v) is 6.05. The smallest absolute Gasteiger partial charge is 0.245 e. The number of benzene rings is 2. The van der Waals surface area contributed by atoms with Crippen LogP contribution in [0.1, 0.15) is 18.4 Å². The predicted octanol–water partition coefficient (Wildman–Crippen LogP) is 2.85. The number of amides is 1. The lowest BCUT2D eigenvalue weighted by atomic mass is 10.2. The normalized spacial score (nSPS) is 14.8. The second kappa shape index (κ2) is 9.88. The molecule has 2 aromatic carbocycles. The SMILES string of the molecule is COc1ccc(S(=O)(=O)N2CCCC2)cc1NC(=O)CN(c1ccc(C)c(Cl)c1)S(C)(=O)=O. The van der Waals surface area contributed by atoms with Crippen molar-refractivity contribution in [3.8, 4) is 5.75 Å². The zero-order chi connectivity index (χ0) is 24.4. The van der Waals surface area contributed by atoms with Crippen LogP contribution in [0.5, 0.6) is 5.75 Å². The highest BCUT2D eigenvalue weighted by Gasteiger charge is 2.28. The molecule has 0 spiro atoms. The molecule has 1 amide bonds. The Balaban J connectivity index is 1.88. The Morgan fingerprint density at radius 3 is 2.36 bits per heavy atom. The first-order valence-electron chi connectivity index (χ1n) is 10.2. The van der Waals surface area contributed by atoms with Gasteiger partial charge in [0.2, 0.25) is 26.0 Å². The molecule has 12 heteroatoms. The van der Waals surface area contributed by atoms with Crippen molar-refractivity contribution < 1.29 is 26.4 Å². The molecule has 180 valence electrons. The van der Waals surface area contributed by atoms with Crippen LogP contribution < -0.4 is 14.4 Å². The summed E-state index contributed by atoms with van der Waals surface area (Å²) in [5, 5.41) is 2.94. The average molecular weight is 516 g/mol. The number of methoxy groups -OCH3 is 1. The van der Waals surface area contributed by atoms with Gasteiger partial charge in [0.15, 0.2) is 0 Å². The van der Waals surface area contributed by atoms with Crippen LogP contribution in [-0.4, -0.2) is 60.0 Å². The molecule has 0 atom stereocenters. The van der Waals surface area contributed by atoms with E-state index < -0.39 is 32.5 Å². The summed E-state index contributed by atoms with van der Waals surface area (Å²) in [4.78, 5) is 12.8. The number of hydrogen-bond donors (Lipinski definition) is 1. The number of carbonyl (C=O) groups is 1. The Kier molecular flexibility index (Phi) is 7.57. The number of sulfonamides is 2. The molecule has 9 nitrogen and oxygen atoms in total. The van der Waals surface area contributed by atoms with Crippen LogP contribution in [0, 0.1) is 6.92 Å². The van der Waals surface area contributed by atoms with Crippen molar-refractivity contribution in [2.24, 2.45) is 0 Å². The summed E-state index contributed by atoms with van der Waals surface area (Å²) in [6, 6.07) is 8.86. The zero-order valence-corrected chi connectivity index (χ0v) is 20.9.